The third kappa shape index (κ3) is 28.2. The maximum absolute atomic E-state index is 13.6. The van der Waals surface area contributed by atoms with Gasteiger partial charge in [0, 0.05) is 35.0 Å². The number of thioether (sulfide) groups is 1. The number of carbonyl (C=O) groups excluding carboxylic acids is 2. The summed E-state index contributed by atoms with van der Waals surface area (Å²) in [5.41, 5.74) is 0. The number of hydrogen-bond acceptors (Lipinski definition) is 10. The average molecular weight is 1030 g/mol. The SMILES string of the molecule is C.CCCCC(CC)COC(=O)CCS.CCCCC(CC)COC(=O)CCSc1ccnc(Cl)c1F.Fc1c(I)ccnc1Cl.Fc1c([S-])ccnc1Cl.[Na+]. The molecule has 0 saturated heterocycles. The van der Waals surface area contributed by atoms with E-state index in [1.165, 1.54) is 55.7 Å². The summed E-state index contributed by atoms with van der Waals surface area (Å²) in [6.07, 6.45) is 14.1. The van der Waals surface area contributed by atoms with E-state index in [2.05, 4.69) is 67.9 Å². The summed E-state index contributed by atoms with van der Waals surface area (Å²) in [7, 11) is 0. The number of pyridine rings is 3. The maximum atomic E-state index is 13.6. The van der Waals surface area contributed by atoms with Crippen molar-refractivity contribution in [2.24, 2.45) is 11.8 Å². The second-order valence-electron chi connectivity index (χ2n) is 11.5. The van der Waals surface area contributed by atoms with Crippen LogP contribution in [0.1, 0.15) is 99.3 Å². The fourth-order valence-corrected chi connectivity index (χ4v) is 6.38. The van der Waals surface area contributed by atoms with Gasteiger partial charge in [-0.05, 0) is 59.4 Å². The summed E-state index contributed by atoms with van der Waals surface area (Å²) < 4.78 is 49.5. The molecule has 56 heavy (non-hydrogen) atoms. The van der Waals surface area contributed by atoms with Crippen LogP contribution in [0.15, 0.2) is 46.6 Å². The van der Waals surface area contributed by atoms with Crippen molar-refractivity contribution in [3.8, 4) is 0 Å². The molecule has 0 bridgehead atoms. The van der Waals surface area contributed by atoms with E-state index in [9.17, 15) is 22.8 Å². The summed E-state index contributed by atoms with van der Waals surface area (Å²) in [6, 6.07) is 4.49. The van der Waals surface area contributed by atoms with Crippen LogP contribution in [0.4, 0.5) is 13.2 Å². The van der Waals surface area contributed by atoms with Gasteiger partial charge in [0.05, 0.1) is 29.6 Å². The van der Waals surface area contributed by atoms with E-state index in [1.807, 2.05) is 22.6 Å². The summed E-state index contributed by atoms with van der Waals surface area (Å²) in [6.45, 7) is 9.66. The largest absolute Gasteiger partial charge is 1.00 e. The Bertz CT molecular complexity index is 1430. The molecule has 3 heterocycles. The van der Waals surface area contributed by atoms with E-state index in [0.717, 1.165) is 32.1 Å². The molecular weight excluding hydrogens is 972 g/mol. The second kappa shape index (κ2) is 37.7. The monoisotopic (exact) mass is 1020 g/mol. The number of carbonyl (C=O) groups is 2. The number of unbranched alkanes of at least 4 members (excludes halogenated alkanes) is 2. The van der Waals surface area contributed by atoms with Gasteiger partial charge < -0.3 is 22.1 Å². The molecule has 0 aliphatic heterocycles. The molecule has 0 amide bonds. The van der Waals surface area contributed by atoms with Crippen molar-refractivity contribution in [1.29, 1.82) is 0 Å². The van der Waals surface area contributed by atoms with Crippen molar-refractivity contribution < 1.29 is 61.8 Å². The summed E-state index contributed by atoms with van der Waals surface area (Å²) in [4.78, 5) is 33.9. The molecule has 7 nitrogen and oxygen atoms in total. The predicted molar refractivity (Wildman–Crippen MR) is 235 cm³/mol. The fraction of sp³-hybridized carbons (Fsp3) is 0.553. The van der Waals surface area contributed by atoms with Crippen LogP contribution in [0.25, 0.3) is 0 Å². The third-order valence-corrected chi connectivity index (χ3v) is 10.5. The Labute approximate surface area is 398 Å². The van der Waals surface area contributed by atoms with Crippen LogP contribution in [0.3, 0.4) is 0 Å². The van der Waals surface area contributed by atoms with Gasteiger partial charge in [0.2, 0.25) is 0 Å². The Balaban J connectivity index is -0.000000710. The first kappa shape index (κ1) is 60.0. The standard InChI is InChI=1S/C16H23ClFNO2S.C11H22O2S.C5H2ClFIN.C5H3ClFNS.CH4.Na/c1-3-5-6-12(4-2)11-21-14(20)8-10-22-13-7-9-19-16(17)15(13)18;1-3-5-6-10(4-2)9-13-11(12)7-8-14;6-5-4(7)3(8)1-2-9-5;6-5-4(7)3(9)1-2-8-5;;/h7,9,12H,3-6,8,10-11H2,1-2H3;10,14H,3-9H2,1-2H3;1-2H;1-2H,(H,8,9);1H4;/q;;;;;+1/p-1. The Kier molecular flexibility index (Phi) is 40.4. The smallest absolute Gasteiger partial charge is 0.777 e. The molecule has 0 aliphatic carbocycles. The van der Waals surface area contributed by atoms with Gasteiger partial charge >= 0.3 is 41.5 Å². The molecule has 18 heteroatoms. The molecule has 0 fully saturated rings. The van der Waals surface area contributed by atoms with Crippen molar-refractivity contribution in [2.45, 2.75) is 109 Å². The predicted octanol–water partition coefficient (Wildman–Crippen LogP) is 10.1. The molecule has 0 aliphatic rings. The number of ether oxygens (including phenoxy) is 2. The van der Waals surface area contributed by atoms with Gasteiger partial charge in [0.25, 0.3) is 0 Å². The topological polar surface area (TPSA) is 91.3 Å². The van der Waals surface area contributed by atoms with Crippen molar-refractivity contribution in [3.63, 3.8) is 0 Å². The van der Waals surface area contributed by atoms with Crippen LogP contribution in [-0.2, 0) is 31.7 Å². The van der Waals surface area contributed by atoms with Crippen LogP contribution in [0, 0.1) is 32.9 Å². The minimum absolute atomic E-state index is 0. The molecule has 2 unspecified atom stereocenters. The zero-order chi connectivity index (χ0) is 40.9. The molecule has 0 N–H and O–H groups in total. The third-order valence-electron chi connectivity index (χ3n) is 7.35. The van der Waals surface area contributed by atoms with Gasteiger partial charge in [-0.25, -0.2) is 28.1 Å². The number of halogens is 7. The first-order valence-electron chi connectivity index (χ1n) is 17.5. The number of esters is 2. The number of aromatic nitrogens is 3. The zero-order valence-electron chi connectivity index (χ0n) is 31.9. The van der Waals surface area contributed by atoms with E-state index >= 15 is 0 Å². The van der Waals surface area contributed by atoms with Gasteiger partial charge in [0.1, 0.15) is 5.82 Å². The first-order valence-corrected chi connectivity index (χ1v) is 21.8. The van der Waals surface area contributed by atoms with Gasteiger partial charge in [-0.3, -0.25) is 9.59 Å². The molecule has 2 atom stereocenters. The van der Waals surface area contributed by atoms with Crippen LogP contribution < -0.4 is 29.6 Å². The normalized spacial score (nSPS) is 11.0. The Morgan fingerprint density at radius 1 is 0.786 bits per heavy atom. The van der Waals surface area contributed by atoms with Crippen molar-refractivity contribution >= 4 is 106 Å². The van der Waals surface area contributed by atoms with Crippen LogP contribution in [0.5, 0.6) is 0 Å². The summed E-state index contributed by atoms with van der Waals surface area (Å²) >= 11 is 27.8. The molecule has 3 aromatic rings. The number of rotatable bonds is 18. The maximum Gasteiger partial charge on any atom is 1.00 e. The van der Waals surface area contributed by atoms with Crippen LogP contribution in [-0.4, -0.2) is 51.6 Å². The van der Waals surface area contributed by atoms with Crippen molar-refractivity contribution in [1.82, 2.24) is 15.0 Å². The van der Waals surface area contributed by atoms with Gasteiger partial charge in [-0.15, -0.1) is 16.7 Å². The van der Waals surface area contributed by atoms with E-state index < -0.39 is 17.5 Å². The number of nitrogens with zero attached hydrogens (tertiary/aromatic N) is 3. The molecule has 0 aromatic carbocycles. The van der Waals surface area contributed by atoms with Crippen LogP contribution >= 0.6 is 81.8 Å². The summed E-state index contributed by atoms with van der Waals surface area (Å²) in [5.74, 6) is 0.0683. The molecule has 0 saturated carbocycles. The molecule has 312 valence electrons. The minimum atomic E-state index is -0.617. The fourth-order valence-electron chi connectivity index (χ4n) is 4.01. The van der Waals surface area contributed by atoms with Gasteiger partial charge in [-0.2, -0.15) is 12.6 Å². The Hall–Kier alpha value is -0.300. The van der Waals surface area contributed by atoms with E-state index in [0.29, 0.717) is 51.4 Å². The van der Waals surface area contributed by atoms with Crippen molar-refractivity contribution in [3.05, 3.63) is 73.3 Å². The van der Waals surface area contributed by atoms with Gasteiger partial charge in [0.15, 0.2) is 27.1 Å². The second-order valence-corrected chi connectivity index (χ2v) is 15.8. The molecule has 3 rings (SSSR count). The van der Waals surface area contributed by atoms with Crippen LogP contribution in [0.2, 0.25) is 15.5 Å². The number of thiol groups is 1. The molecule has 0 spiro atoms. The van der Waals surface area contributed by atoms with Crippen molar-refractivity contribution in [2.75, 3.05) is 24.7 Å². The average Bonchev–Trinajstić information content (AvgIpc) is 3.15. The molecular formula is C38H53Cl3F3IN3NaO4S3. The Morgan fingerprint density at radius 2 is 1.23 bits per heavy atom. The Morgan fingerprint density at radius 3 is 1.64 bits per heavy atom. The molecule has 0 radical (unpaired) electrons. The minimum Gasteiger partial charge on any atom is -0.777 e. The quantitative estimate of drug-likeness (QED) is 0.0255. The molecule has 3 aromatic heterocycles. The van der Waals surface area contributed by atoms with Gasteiger partial charge in [-0.1, -0.05) is 115 Å². The number of hydrogen-bond donors (Lipinski definition) is 1. The van der Waals surface area contributed by atoms with E-state index in [1.54, 1.807) is 12.1 Å². The first-order chi connectivity index (χ1) is 25.7. The van der Waals surface area contributed by atoms with E-state index in [4.69, 9.17) is 44.3 Å². The zero-order valence-corrected chi connectivity index (χ0v) is 40.9. The summed E-state index contributed by atoms with van der Waals surface area (Å²) in [5, 5.41) is -0.376. The van der Waals surface area contributed by atoms with E-state index in [-0.39, 0.29) is 75.7 Å².